The summed E-state index contributed by atoms with van der Waals surface area (Å²) in [6.45, 7) is 8.73. The van der Waals surface area contributed by atoms with Crippen molar-refractivity contribution in [1.82, 2.24) is 10.2 Å². The lowest BCUT2D eigenvalue weighted by molar-refractivity contribution is 0.236. The molecule has 0 aromatic heterocycles. The fraction of sp³-hybridized carbons (Fsp3) is 0.625. The second kappa shape index (κ2) is 8.18. The highest BCUT2D eigenvalue weighted by atomic mass is 16.5. The number of aryl methyl sites for hydroxylation is 1. The summed E-state index contributed by atoms with van der Waals surface area (Å²) in [5.74, 6) is 1.06. The highest BCUT2D eigenvalue weighted by Gasteiger charge is 2.08. The van der Waals surface area contributed by atoms with Gasteiger partial charge in [0.2, 0.25) is 0 Å². The van der Waals surface area contributed by atoms with E-state index in [-0.39, 0.29) is 0 Å². The summed E-state index contributed by atoms with van der Waals surface area (Å²) in [4.78, 5) is 2.56. The third-order valence-corrected chi connectivity index (χ3v) is 3.65. The molecule has 106 valence electrons. The van der Waals surface area contributed by atoms with Crippen molar-refractivity contribution in [3.8, 4) is 5.75 Å². The van der Waals surface area contributed by atoms with Crippen LogP contribution in [0.3, 0.4) is 0 Å². The number of hydrogen-bond acceptors (Lipinski definition) is 3. The lowest BCUT2D eigenvalue weighted by Gasteiger charge is -2.27. The van der Waals surface area contributed by atoms with Gasteiger partial charge in [-0.1, -0.05) is 18.2 Å². The normalized spacial score (nSPS) is 16.5. The van der Waals surface area contributed by atoms with Gasteiger partial charge < -0.3 is 15.0 Å². The van der Waals surface area contributed by atoms with Crippen LogP contribution in [0.1, 0.15) is 25.3 Å². The molecule has 1 heterocycles. The fourth-order valence-corrected chi connectivity index (χ4v) is 2.59. The van der Waals surface area contributed by atoms with Gasteiger partial charge in [-0.2, -0.15) is 0 Å². The number of rotatable bonds is 7. The Hall–Kier alpha value is -1.06. The minimum Gasteiger partial charge on any atom is -0.494 e. The van der Waals surface area contributed by atoms with E-state index in [2.05, 4.69) is 34.5 Å². The van der Waals surface area contributed by atoms with Crippen molar-refractivity contribution in [2.75, 3.05) is 39.3 Å². The van der Waals surface area contributed by atoms with Crippen LogP contribution in [0.25, 0.3) is 0 Å². The molecule has 0 unspecified atom stereocenters. The zero-order chi connectivity index (χ0) is 13.3. The molecule has 1 aliphatic heterocycles. The Labute approximate surface area is 116 Å². The van der Waals surface area contributed by atoms with Gasteiger partial charge in [0.1, 0.15) is 5.75 Å². The van der Waals surface area contributed by atoms with Crippen LogP contribution in [0.2, 0.25) is 0 Å². The summed E-state index contributed by atoms with van der Waals surface area (Å²) in [5.41, 5.74) is 1.35. The van der Waals surface area contributed by atoms with Crippen LogP contribution in [0, 0.1) is 0 Å². The summed E-state index contributed by atoms with van der Waals surface area (Å²) >= 11 is 0. The van der Waals surface area contributed by atoms with E-state index >= 15 is 0 Å². The van der Waals surface area contributed by atoms with Gasteiger partial charge in [-0.25, -0.2) is 0 Å². The molecule has 0 atom stereocenters. The van der Waals surface area contributed by atoms with Crippen LogP contribution in [-0.4, -0.2) is 44.2 Å². The molecule has 0 spiro atoms. The molecule has 1 aromatic carbocycles. The lowest BCUT2D eigenvalue weighted by Crippen LogP contribution is -2.43. The molecule has 19 heavy (non-hydrogen) atoms. The van der Waals surface area contributed by atoms with E-state index in [0.717, 1.165) is 31.9 Å². The minimum atomic E-state index is 0.748. The Kier molecular flexibility index (Phi) is 6.18. The quantitative estimate of drug-likeness (QED) is 0.763. The average molecular weight is 262 g/mol. The number of nitrogens with zero attached hydrogens (tertiary/aromatic N) is 1. The standard InChI is InChI=1S/C16H26N2O/c1-2-19-16-9-4-3-7-15(16)8-5-6-12-18-13-10-17-11-14-18/h3-4,7,9,17H,2,5-6,8,10-14H2,1H3. The predicted molar refractivity (Wildman–Crippen MR) is 79.9 cm³/mol. The van der Waals surface area contributed by atoms with E-state index in [1.54, 1.807) is 0 Å². The first-order chi connectivity index (χ1) is 9.40. The molecule has 1 fully saturated rings. The van der Waals surface area contributed by atoms with Crippen LogP contribution in [-0.2, 0) is 6.42 Å². The van der Waals surface area contributed by atoms with Crippen LogP contribution >= 0.6 is 0 Å². The first-order valence-electron chi connectivity index (χ1n) is 7.54. The molecule has 1 aromatic rings. The average Bonchev–Trinajstić information content (AvgIpc) is 2.47. The van der Waals surface area contributed by atoms with Crippen molar-refractivity contribution < 1.29 is 4.74 Å². The van der Waals surface area contributed by atoms with Crippen molar-refractivity contribution >= 4 is 0 Å². The number of piperazine rings is 1. The molecule has 0 amide bonds. The van der Waals surface area contributed by atoms with Gasteiger partial charge in [-0.05, 0) is 44.4 Å². The third-order valence-electron chi connectivity index (χ3n) is 3.65. The molecular weight excluding hydrogens is 236 g/mol. The molecular formula is C16H26N2O. The van der Waals surface area contributed by atoms with Crippen molar-refractivity contribution in [3.05, 3.63) is 29.8 Å². The topological polar surface area (TPSA) is 24.5 Å². The van der Waals surface area contributed by atoms with Crippen LogP contribution < -0.4 is 10.1 Å². The molecule has 0 saturated carbocycles. The number of unbranched alkanes of at least 4 members (excludes halogenated alkanes) is 1. The monoisotopic (exact) mass is 262 g/mol. The van der Waals surface area contributed by atoms with Crippen molar-refractivity contribution in [2.45, 2.75) is 26.2 Å². The maximum absolute atomic E-state index is 5.67. The zero-order valence-corrected chi connectivity index (χ0v) is 12.0. The van der Waals surface area contributed by atoms with E-state index < -0.39 is 0 Å². The minimum absolute atomic E-state index is 0.748. The molecule has 0 aliphatic carbocycles. The van der Waals surface area contributed by atoms with Crippen LogP contribution in [0.5, 0.6) is 5.75 Å². The Morgan fingerprint density at radius 1 is 1.16 bits per heavy atom. The first kappa shape index (κ1) is 14.4. The lowest BCUT2D eigenvalue weighted by atomic mass is 10.1. The van der Waals surface area contributed by atoms with E-state index in [1.165, 1.54) is 38.0 Å². The largest absolute Gasteiger partial charge is 0.494 e. The summed E-state index contributed by atoms with van der Waals surface area (Å²) in [6.07, 6.45) is 3.65. The van der Waals surface area contributed by atoms with E-state index in [1.807, 2.05) is 6.92 Å². The van der Waals surface area contributed by atoms with Crippen LogP contribution in [0.4, 0.5) is 0 Å². The molecule has 1 saturated heterocycles. The zero-order valence-electron chi connectivity index (χ0n) is 12.0. The van der Waals surface area contributed by atoms with Gasteiger partial charge in [0.15, 0.2) is 0 Å². The number of nitrogens with one attached hydrogen (secondary N) is 1. The summed E-state index contributed by atoms with van der Waals surface area (Å²) in [6, 6.07) is 8.42. The van der Waals surface area contributed by atoms with Crippen molar-refractivity contribution in [3.63, 3.8) is 0 Å². The number of ether oxygens (including phenoxy) is 1. The smallest absolute Gasteiger partial charge is 0.122 e. The maximum atomic E-state index is 5.67. The Morgan fingerprint density at radius 3 is 2.74 bits per heavy atom. The van der Waals surface area contributed by atoms with Gasteiger partial charge in [0.05, 0.1) is 6.61 Å². The van der Waals surface area contributed by atoms with E-state index in [9.17, 15) is 0 Å². The van der Waals surface area contributed by atoms with Gasteiger partial charge in [0.25, 0.3) is 0 Å². The van der Waals surface area contributed by atoms with Gasteiger partial charge in [0, 0.05) is 26.2 Å². The third kappa shape index (κ3) is 4.84. The van der Waals surface area contributed by atoms with E-state index in [0.29, 0.717) is 0 Å². The van der Waals surface area contributed by atoms with Gasteiger partial charge >= 0.3 is 0 Å². The Balaban J connectivity index is 1.70. The van der Waals surface area contributed by atoms with Gasteiger partial charge in [-0.3, -0.25) is 0 Å². The highest BCUT2D eigenvalue weighted by molar-refractivity contribution is 5.33. The SMILES string of the molecule is CCOc1ccccc1CCCCN1CCNCC1. The number of para-hydroxylation sites is 1. The fourth-order valence-electron chi connectivity index (χ4n) is 2.59. The van der Waals surface area contributed by atoms with Crippen molar-refractivity contribution in [1.29, 1.82) is 0 Å². The van der Waals surface area contributed by atoms with Crippen molar-refractivity contribution in [2.24, 2.45) is 0 Å². The second-order valence-corrected chi connectivity index (χ2v) is 5.09. The maximum Gasteiger partial charge on any atom is 0.122 e. The molecule has 1 aliphatic rings. The van der Waals surface area contributed by atoms with Gasteiger partial charge in [-0.15, -0.1) is 0 Å². The Bertz CT molecular complexity index is 362. The molecule has 0 radical (unpaired) electrons. The van der Waals surface area contributed by atoms with E-state index in [4.69, 9.17) is 4.74 Å². The summed E-state index contributed by atoms with van der Waals surface area (Å²) in [7, 11) is 0. The highest BCUT2D eigenvalue weighted by Crippen LogP contribution is 2.20. The predicted octanol–water partition coefficient (Wildman–Crippen LogP) is 2.31. The number of benzene rings is 1. The molecule has 1 N–H and O–H groups in total. The molecule has 0 bridgehead atoms. The first-order valence-corrected chi connectivity index (χ1v) is 7.54. The second-order valence-electron chi connectivity index (χ2n) is 5.09. The molecule has 3 heteroatoms. The number of hydrogen-bond donors (Lipinski definition) is 1. The molecule has 3 nitrogen and oxygen atoms in total. The molecule has 2 rings (SSSR count). The Morgan fingerprint density at radius 2 is 1.95 bits per heavy atom. The summed E-state index contributed by atoms with van der Waals surface area (Å²) < 4.78 is 5.67. The van der Waals surface area contributed by atoms with Crippen LogP contribution in [0.15, 0.2) is 24.3 Å². The summed E-state index contributed by atoms with van der Waals surface area (Å²) in [5, 5.41) is 3.39.